The topological polar surface area (TPSA) is 72.5 Å². The molecule has 1 N–H and O–H groups in total. The van der Waals surface area contributed by atoms with E-state index in [1.165, 1.54) is 0 Å². The van der Waals surface area contributed by atoms with E-state index in [1.54, 1.807) is 0 Å². The van der Waals surface area contributed by atoms with Crippen molar-refractivity contribution in [2.75, 3.05) is 0 Å². The molecule has 3 aliphatic rings. The number of rotatable bonds is 3. The fourth-order valence-corrected chi connectivity index (χ4v) is 5.53. The molecule has 0 radical (unpaired) electrons. The number of fused-ring (bicyclic) bond motifs is 1. The molecule has 2 aliphatic carbocycles. The molecule has 2 bridgehead atoms. The Morgan fingerprint density at radius 1 is 1.37 bits per heavy atom. The summed E-state index contributed by atoms with van der Waals surface area (Å²) in [7, 11) is -3.39. The molecule has 3 fully saturated rings. The maximum absolute atomic E-state index is 12.2. The predicted molar refractivity (Wildman–Crippen MR) is 69.8 cm³/mol. The number of nitrogens with one attached hydrogen (secondary N) is 1. The first kappa shape index (κ1) is 13.4. The van der Waals surface area contributed by atoms with Crippen molar-refractivity contribution in [2.24, 2.45) is 17.3 Å². The molecule has 108 valence electrons. The summed E-state index contributed by atoms with van der Waals surface area (Å²) >= 11 is 0. The third kappa shape index (κ3) is 1.83. The zero-order valence-corrected chi connectivity index (χ0v) is 12.4. The van der Waals surface area contributed by atoms with Gasteiger partial charge in [0.2, 0.25) is 5.91 Å². The van der Waals surface area contributed by atoms with Gasteiger partial charge in [-0.1, -0.05) is 20.8 Å². The lowest BCUT2D eigenvalue weighted by atomic mass is 9.87. The number of hydrogen-bond donors (Lipinski definition) is 1. The Balaban J connectivity index is 1.77. The van der Waals surface area contributed by atoms with E-state index < -0.39 is 15.5 Å². The predicted octanol–water partition coefficient (Wildman–Crippen LogP) is 1.04. The van der Waals surface area contributed by atoms with Crippen LogP contribution in [0.15, 0.2) is 0 Å². The number of carbonyl (C=O) groups excluding carboxylic acids is 1. The minimum atomic E-state index is -3.39. The SMILES string of the molecule is CCC(C)(C)C(=O)NC1C2CC3C1OS(=O)(=O)C3C2. The molecule has 1 saturated heterocycles. The first-order valence-electron chi connectivity index (χ1n) is 6.99. The summed E-state index contributed by atoms with van der Waals surface area (Å²) in [6, 6.07) is -0.128. The molecule has 6 heteroatoms. The fraction of sp³-hybridized carbons (Fsp3) is 0.923. The van der Waals surface area contributed by atoms with Gasteiger partial charge in [-0.05, 0) is 25.2 Å². The summed E-state index contributed by atoms with van der Waals surface area (Å²) in [4.78, 5) is 12.2. The van der Waals surface area contributed by atoms with Gasteiger partial charge in [-0.3, -0.25) is 8.98 Å². The standard InChI is InChI=1S/C13H21NO4S/c1-4-13(2,3)12(15)14-10-7-5-8-9(6-7)19(16,17)18-11(8)10/h7-11H,4-6H2,1-3H3,(H,14,15). The van der Waals surface area contributed by atoms with Gasteiger partial charge >= 0.3 is 0 Å². The molecule has 0 spiro atoms. The van der Waals surface area contributed by atoms with Gasteiger partial charge in [-0.15, -0.1) is 0 Å². The Bertz CT molecular complexity index is 513. The van der Waals surface area contributed by atoms with Crippen LogP contribution < -0.4 is 5.32 Å². The molecule has 1 amide bonds. The summed E-state index contributed by atoms with van der Waals surface area (Å²) in [5, 5.41) is 2.71. The first-order chi connectivity index (χ1) is 8.76. The summed E-state index contributed by atoms with van der Waals surface area (Å²) in [5.74, 6) is 0.343. The van der Waals surface area contributed by atoms with Gasteiger partial charge < -0.3 is 5.32 Å². The molecule has 0 aromatic heterocycles. The summed E-state index contributed by atoms with van der Waals surface area (Å²) < 4.78 is 28.9. The highest BCUT2D eigenvalue weighted by Crippen LogP contribution is 2.54. The monoisotopic (exact) mass is 287 g/mol. The van der Waals surface area contributed by atoms with E-state index in [9.17, 15) is 13.2 Å². The lowest BCUT2D eigenvalue weighted by Gasteiger charge is -2.30. The molecule has 19 heavy (non-hydrogen) atoms. The van der Waals surface area contributed by atoms with Gasteiger partial charge in [0.1, 0.15) is 6.10 Å². The molecule has 2 saturated carbocycles. The zero-order valence-electron chi connectivity index (χ0n) is 11.5. The summed E-state index contributed by atoms with van der Waals surface area (Å²) in [6.07, 6.45) is 1.93. The third-order valence-corrected chi connectivity index (χ3v) is 7.06. The molecular weight excluding hydrogens is 266 g/mol. The van der Waals surface area contributed by atoms with Gasteiger partial charge in [0.05, 0.1) is 11.3 Å². The van der Waals surface area contributed by atoms with Crippen LogP contribution in [-0.4, -0.2) is 31.7 Å². The molecule has 1 heterocycles. The Morgan fingerprint density at radius 3 is 2.68 bits per heavy atom. The van der Waals surface area contributed by atoms with E-state index in [2.05, 4.69) is 5.32 Å². The van der Waals surface area contributed by atoms with Crippen LogP contribution in [0.1, 0.15) is 40.0 Å². The van der Waals surface area contributed by atoms with Crippen molar-refractivity contribution in [1.82, 2.24) is 5.32 Å². The Morgan fingerprint density at radius 2 is 2.05 bits per heavy atom. The Hall–Kier alpha value is -0.620. The highest BCUT2D eigenvalue weighted by atomic mass is 32.2. The molecular formula is C13H21NO4S. The highest BCUT2D eigenvalue weighted by molar-refractivity contribution is 7.87. The van der Waals surface area contributed by atoms with Crippen LogP contribution in [0.3, 0.4) is 0 Å². The lowest BCUT2D eigenvalue weighted by Crippen LogP contribution is -2.50. The van der Waals surface area contributed by atoms with E-state index in [1.807, 2.05) is 20.8 Å². The van der Waals surface area contributed by atoms with Crippen molar-refractivity contribution < 1.29 is 17.4 Å². The third-order valence-electron chi connectivity index (χ3n) is 5.28. The average molecular weight is 287 g/mol. The number of hydrogen-bond acceptors (Lipinski definition) is 4. The smallest absolute Gasteiger partial charge is 0.270 e. The van der Waals surface area contributed by atoms with E-state index in [0.717, 1.165) is 12.8 Å². The van der Waals surface area contributed by atoms with Crippen molar-refractivity contribution in [3.63, 3.8) is 0 Å². The molecule has 3 rings (SSSR count). The molecule has 1 aliphatic heterocycles. The van der Waals surface area contributed by atoms with Gasteiger partial charge in [0.25, 0.3) is 10.1 Å². The van der Waals surface area contributed by atoms with Crippen LogP contribution in [0.5, 0.6) is 0 Å². The van der Waals surface area contributed by atoms with Crippen LogP contribution >= 0.6 is 0 Å². The number of carbonyl (C=O) groups is 1. The molecule has 5 nitrogen and oxygen atoms in total. The van der Waals surface area contributed by atoms with Gasteiger partial charge in [0.15, 0.2) is 0 Å². The largest absolute Gasteiger partial charge is 0.350 e. The highest BCUT2D eigenvalue weighted by Gasteiger charge is 2.64. The number of amides is 1. The summed E-state index contributed by atoms with van der Waals surface area (Å²) in [6.45, 7) is 5.79. The minimum Gasteiger partial charge on any atom is -0.350 e. The van der Waals surface area contributed by atoms with Crippen molar-refractivity contribution in [3.05, 3.63) is 0 Å². The second kappa shape index (κ2) is 3.95. The van der Waals surface area contributed by atoms with Crippen molar-refractivity contribution >= 4 is 16.0 Å². The van der Waals surface area contributed by atoms with Gasteiger partial charge in [-0.2, -0.15) is 8.42 Å². The van der Waals surface area contributed by atoms with Crippen molar-refractivity contribution in [1.29, 1.82) is 0 Å². The van der Waals surface area contributed by atoms with Crippen LogP contribution in [0.25, 0.3) is 0 Å². The second-order valence-electron chi connectivity index (χ2n) is 6.72. The normalized spacial score (nSPS) is 42.6. The van der Waals surface area contributed by atoms with E-state index >= 15 is 0 Å². The van der Waals surface area contributed by atoms with Crippen LogP contribution in [0.2, 0.25) is 0 Å². The lowest BCUT2D eigenvalue weighted by molar-refractivity contribution is -0.131. The van der Waals surface area contributed by atoms with E-state index in [-0.39, 0.29) is 35.1 Å². The van der Waals surface area contributed by atoms with E-state index in [4.69, 9.17) is 4.18 Å². The van der Waals surface area contributed by atoms with Gasteiger partial charge in [-0.25, -0.2) is 0 Å². The Kier molecular flexibility index (Phi) is 2.78. The fourth-order valence-electron chi connectivity index (χ4n) is 3.64. The maximum Gasteiger partial charge on any atom is 0.270 e. The average Bonchev–Trinajstić information content (AvgIpc) is 2.92. The first-order valence-corrected chi connectivity index (χ1v) is 8.46. The van der Waals surface area contributed by atoms with Crippen molar-refractivity contribution in [2.45, 2.75) is 57.4 Å². The maximum atomic E-state index is 12.2. The summed E-state index contributed by atoms with van der Waals surface area (Å²) in [5.41, 5.74) is -0.418. The zero-order chi connectivity index (χ0) is 14.0. The van der Waals surface area contributed by atoms with E-state index in [0.29, 0.717) is 6.42 Å². The molecule has 5 unspecified atom stereocenters. The van der Waals surface area contributed by atoms with Gasteiger partial charge in [0, 0.05) is 11.3 Å². The van der Waals surface area contributed by atoms with Crippen LogP contribution in [0.4, 0.5) is 0 Å². The Labute approximate surface area is 114 Å². The van der Waals surface area contributed by atoms with Crippen LogP contribution in [0, 0.1) is 17.3 Å². The molecule has 0 aromatic rings. The quantitative estimate of drug-likeness (QED) is 0.787. The molecule has 5 atom stereocenters. The van der Waals surface area contributed by atoms with Crippen LogP contribution in [-0.2, 0) is 19.1 Å². The second-order valence-corrected chi connectivity index (χ2v) is 8.51. The van der Waals surface area contributed by atoms with Crippen molar-refractivity contribution in [3.8, 4) is 0 Å². The molecule has 0 aromatic carbocycles. The minimum absolute atomic E-state index is 0.00278.